The van der Waals surface area contributed by atoms with Crippen molar-refractivity contribution in [1.82, 2.24) is 0 Å². The molecular weight excluding hydrogens is 326 g/mol. The van der Waals surface area contributed by atoms with Crippen LogP contribution in [-0.2, 0) is 9.78 Å². The molecule has 0 aliphatic rings. The molecule has 0 amide bonds. The Bertz CT molecular complexity index is 701. The number of halogens is 2. The minimum atomic E-state index is -1.07. The van der Waals surface area contributed by atoms with Crippen LogP contribution in [0.25, 0.3) is 0 Å². The number of thiol groups is 1. The fraction of sp³-hybridized carbons (Fsp3) is 0.100. The average molecular weight is 342 g/mol. The third-order valence-corrected chi connectivity index (χ3v) is 4.37. The molecule has 0 heterocycles. The van der Waals surface area contributed by atoms with Crippen LogP contribution in [0.2, 0.25) is 0 Å². The van der Waals surface area contributed by atoms with E-state index in [1.807, 2.05) is 31.2 Å². The maximum Gasteiger partial charge on any atom is 0.157 e. The zero-order valence-electron chi connectivity index (χ0n) is 13.0. The lowest BCUT2D eigenvalue weighted by molar-refractivity contribution is 0.197. The SMILES string of the molecule is Cc1ccc(C(OS)(c2ccc(F)cc2)c2ccc(F)cc2)cc1. The van der Waals surface area contributed by atoms with Gasteiger partial charge in [0.25, 0.3) is 0 Å². The van der Waals surface area contributed by atoms with Crippen LogP contribution in [-0.4, -0.2) is 0 Å². The molecule has 3 rings (SSSR count). The second kappa shape index (κ2) is 6.75. The van der Waals surface area contributed by atoms with Gasteiger partial charge in [0.05, 0.1) is 0 Å². The lowest BCUT2D eigenvalue weighted by atomic mass is 9.80. The van der Waals surface area contributed by atoms with Gasteiger partial charge in [0, 0.05) is 0 Å². The molecule has 3 aromatic rings. The Morgan fingerprint density at radius 3 is 1.33 bits per heavy atom. The van der Waals surface area contributed by atoms with Crippen LogP contribution in [0.3, 0.4) is 0 Å². The molecule has 0 bridgehead atoms. The van der Waals surface area contributed by atoms with Crippen molar-refractivity contribution in [3.63, 3.8) is 0 Å². The second-order valence-corrected chi connectivity index (χ2v) is 5.83. The molecule has 3 aromatic carbocycles. The molecule has 0 aliphatic heterocycles. The standard InChI is InChI=1S/C20H16F2OS/c1-14-2-4-15(5-3-14)20(23-24,16-6-10-18(21)11-7-16)17-8-12-19(22)13-9-17/h2-13,24H,1H3. The monoisotopic (exact) mass is 342 g/mol. The van der Waals surface area contributed by atoms with Gasteiger partial charge in [0.2, 0.25) is 0 Å². The van der Waals surface area contributed by atoms with Gasteiger partial charge in [-0.15, -0.1) is 0 Å². The molecule has 122 valence electrons. The fourth-order valence-corrected chi connectivity index (χ4v) is 3.13. The van der Waals surface area contributed by atoms with Crippen molar-refractivity contribution in [3.8, 4) is 0 Å². The van der Waals surface area contributed by atoms with E-state index in [1.54, 1.807) is 24.3 Å². The summed E-state index contributed by atoms with van der Waals surface area (Å²) in [5.41, 5.74) is 2.26. The van der Waals surface area contributed by atoms with Gasteiger partial charge in [0.1, 0.15) is 11.6 Å². The van der Waals surface area contributed by atoms with Crippen LogP contribution >= 0.6 is 12.9 Å². The molecule has 4 heteroatoms. The highest BCUT2D eigenvalue weighted by molar-refractivity contribution is 7.75. The zero-order valence-corrected chi connectivity index (χ0v) is 13.9. The Labute approximate surface area is 145 Å². The predicted molar refractivity (Wildman–Crippen MR) is 93.9 cm³/mol. The summed E-state index contributed by atoms with van der Waals surface area (Å²) in [7, 11) is 0. The van der Waals surface area contributed by atoms with Crippen molar-refractivity contribution in [2.24, 2.45) is 0 Å². The van der Waals surface area contributed by atoms with Gasteiger partial charge in [-0.25, -0.2) is 8.78 Å². The average Bonchev–Trinajstić information content (AvgIpc) is 2.60. The summed E-state index contributed by atoms with van der Waals surface area (Å²) < 4.78 is 32.4. The molecule has 0 radical (unpaired) electrons. The topological polar surface area (TPSA) is 9.23 Å². The van der Waals surface area contributed by atoms with E-state index < -0.39 is 5.60 Å². The van der Waals surface area contributed by atoms with Gasteiger partial charge in [-0.05, 0) is 60.8 Å². The number of rotatable bonds is 4. The van der Waals surface area contributed by atoms with Gasteiger partial charge >= 0.3 is 0 Å². The molecule has 0 unspecified atom stereocenters. The maximum absolute atomic E-state index is 13.4. The Kier molecular flexibility index (Phi) is 4.69. The molecule has 0 N–H and O–H groups in total. The Balaban J connectivity index is 2.27. The van der Waals surface area contributed by atoms with Gasteiger partial charge < -0.3 is 0 Å². The van der Waals surface area contributed by atoms with Crippen LogP contribution in [0.15, 0.2) is 72.8 Å². The van der Waals surface area contributed by atoms with Crippen molar-refractivity contribution >= 4 is 12.9 Å². The maximum atomic E-state index is 13.4. The summed E-state index contributed by atoms with van der Waals surface area (Å²) in [5, 5.41) is 0. The number of hydrogen-bond donors (Lipinski definition) is 1. The Hall–Kier alpha value is -2.17. The minimum Gasteiger partial charge on any atom is -0.298 e. The highest BCUT2D eigenvalue weighted by Crippen LogP contribution is 2.41. The summed E-state index contributed by atoms with van der Waals surface area (Å²) in [6, 6.07) is 19.9. The van der Waals surface area contributed by atoms with Crippen LogP contribution in [0.4, 0.5) is 8.78 Å². The van der Waals surface area contributed by atoms with Crippen molar-refractivity contribution in [2.75, 3.05) is 0 Å². The minimum absolute atomic E-state index is 0.338. The Morgan fingerprint density at radius 1 is 0.667 bits per heavy atom. The summed E-state index contributed by atoms with van der Waals surface area (Å²) in [4.78, 5) is 0. The quantitative estimate of drug-likeness (QED) is 0.378. The van der Waals surface area contributed by atoms with Crippen LogP contribution in [0, 0.1) is 18.6 Å². The van der Waals surface area contributed by atoms with Crippen LogP contribution < -0.4 is 0 Å². The van der Waals surface area contributed by atoms with Gasteiger partial charge in [-0.2, -0.15) is 0 Å². The van der Waals surface area contributed by atoms with Gasteiger partial charge in [-0.1, -0.05) is 54.1 Å². The van der Waals surface area contributed by atoms with E-state index in [9.17, 15) is 8.78 Å². The molecule has 0 saturated heterocycles. The first kappa shape index (κ1) is 16.7. The van der Waals surface area contributed by atoms with E-state index in [0.29, 0.717) is 11.1 Å². The smallest absolute Gasteiger partial charge is 0.157 e. The summed E-state index contributed by atoms with van der Waals surface area (Å²) >= 11 is 4.13. The van der Waals surface area contributed by atoms with Crippen molar-refractivity contribution in [1.29, 1.82) is 0 Å². The van der Waals surface area contributed by atoms with Crippen LogP contribution in [0.5, 0.6) is 0 Å². The van der Waals surface area contributed by atoms with E-state index in [1.165, 1.54) is 24.3 Å². The summed E-state index contributed by atoms with van der Waals surface area (Å²) in [5.74, 6) is -0.676. The second-order valence-electron chi connectivity index (χ2n) is 5.65. The highest BCUT2D eigenvalue weighted by atomic mass is 32.1. The number of hydrogen-bond acceptors (Lipinski definition) is 2. The third-order valence-electron chi connectivity index (χ3n) is 4.10. The molecule has 0 aliphatic carbocycles. The summed E-state index contributed by atoms with van der Waals surface area (Å²) in [6.07, 6.45) is 0. The lowest BCUT2D eigenvalue weighted by Gasteiger charge is -2.33. The molecule has 0 atom stereocenters. The molecule has 0 spiro atoms. The van der Waals surface area contributed by atoms with Crippen molar-refractivity contribution in [2.45, 2.75) is 12.5 Å². The molecule has 0 saturated carbocycles. The first-order chi connectivity index (χ1) is 11.6. The molecule has 0 fully saturated rings. The summed E-state index contributed by atoms with van der Waals surface area (Å²) in [6.45, 7) is 1.99. The molecule has 1 nitrogen and oxygen atoms in total. The predicted octanol–water partition coefficient (Wildman–Crippen LogP) is 5.43. The van der Waals surface area contributed by atoms with Crippen molar-refractivity contribution < 1.29 is 13.0 Å². The first-order valence-corrected chi connectivity index (χ1v) is 7.84. The molecular formula is C20H16F2OS. The van der Waals surface area contributed by atoms with Gasteiger partial charge in [-0.3, -0.25) is 4.18 Å². The highest BCUT2D eigenvalue weighted by Gasteiger charge is 2.37. The van der Waals surface area contributed by atoms with E-state index in [0.717, 1.165) is 11.1 Å². The third kappa shape index (κ3) is 2.95. The van der Waals surface area contributed by atoms with E-state index in [4.69, 9.17) is 4.18 Å². The Morgan fingerprint density at radius 2 is 1.00 bits per heavy atom. The van der Waals surface area contributed by atoms with Gasteiger partial charge in [0.15, 0.2) is 5.60 Å². The van der Waals surface area contributed by atoms with Crippen LogP contribution in [0.1, 0.15) is 22.3 Å². The van der Waals surface area contributed by atoms with E-state index in [2.05, 4.69) is 12.9 Å². The first-order valence-electron chi connectivity index (χ1n) is 7.48. The molecule has 0 aromatic heterocycles. The van der Waals surface area contributed by atoms with E-state index >= 15 is 0 Å². The zero-order chi connectivity index (χ0) is 17.2. The largest absolute Gasteiger partial charge is 0.298 e. The van der Waals surface area contributed by atoms with Crippen molar-refractivity contribution in [3.05, 3.63) is 107 Å². The fourth-order valence-electron chi connectivity index (χ4n) is 2.82. The number of benzene rings is 3. The lowest BCUT2D eigenvalue weighted by Crippen LogP contribution is -2.30. The van der Waals surface area contributed by atoms with E-state index in [-0.39, 0.29) is 11.6 Å². The molecule has 24 heavy (non-hydrogen) atoms. The normalized spacial score (nSPS) is 11.5. The number of aryl methyl sites for hydroxylation is 1.